The average Bonchev–Trinajstić information content (AvgIpc) is 2.38. The number of amides is 1. The second-order valence-corrected chi connectivity index (χ2v) is 6.46. The lowest BCUT2D eigenvalue weighted by molar-refractivity contribution is -0.116. The summed E-state index contributed by atoms with van der Waals surface area (Å²) in [5, 5.41) is 3.03. The fourth-order valence-corrected chi connectivity index (χ4v) is 2.44. The smallest absolute Gasteiger partial charge is 0.225 e. The molecule has 0 aliphatic heterocycles. The van der Waals surface area contributed by atoms with Gasteiger partial charge in [-0.3, -0.25) is 4.79 Å². The third-order valence-corrected chi connectivity index (χ3v) is 3.75. The summed E-state index contributed by atoms with van der Waals surface area (Å²) in [7, 11) is 0. The zero-order valence-electron chi connectivity index (χ0n) is 14.1. The number of hydrogen-bond donors (Lipinski definition) is 2. The van der Waals surface area contributed by atoms with E-state index in [1.807, 2.05) is 6.07 Å². The third-order valence-electron chi connectivity index (χ3n) is 3.75. The normalized spacial score (nSPS) is 12.8. The molecule has 21 heavy (non-hydrogen) atoms. The van der Waals surface area contributed by atoms with E-state index in [2.05, 4.69) is 52.1 Å². The van der Waals surface area contributed by atoms with Crippen LogP contribution in [-0.4, -0.2) is 11.9 Å². The third kappa shape index (κ3) is 5.50. The van der Waals surface area contributed by atoms with Gasteiger partial charge in [0.15, 0.2) is 0 Å². The van der Waals surface area contributed by atoms with Gasteiger partial charge in [-0.1, -0.05) is 53.2 Å². The number of carbonyl (C=O) groups is 1. The second-order valence-electron chi connectivity index (χ2n) is 6.46. The van der Waals surface area contributed by atoms with E-state index in [0.29, 0.717) is 18.3 Å². The molecule has 0 heterocycles. The van der Waals surface area contributed by atoms with Crippen LogP contribution in [0.2, 0.25) is 0 Å². The second kappa shape index (κ2) is 8.18. The zero-order valence-corrected chi connectivity index (χ0v) is 14.1. The lowest BCUT2D eigenvalue weighted by Gasteiger charge is -2.18. The molecule has 0 aromatic heterocycles. The molecule has 1 atom stereocenters. The van der Waals surface area contributed by atoms with E-state index in [1.165, 1.54) is 11.1 Å². The van der Waals surface area contributed by atoms with E-state index < -0.39 is 0 Å². The van der Waals surface area contributed by atoms with Crippen molar-refractivity contribution in [2.45, 2.75) is 71.8 Å². The highest BCUT2D eigenvalue weighted by atomic mass is 16.1. The first-order valence-electron chi connectivity index (χ1n) is 8.04. The number of carbonyl (C=O) groups excluding carboxylic acids is 1. The van der Waals surface area contributed by atoms with E-state index in [4.69, 9.17) is 5.73 Å². The Hall–Kier alpha value is -1.35. The van der Waals surface area contributed by atoms with E-state index in [9.17, 15) is 4.79 Å². The standard InChI is InChI=1S/C18H30N2O/c1-6-7-15(19)11-18(21)20-17-9-8-14(12(2)3)10-16(17)13(4)5/h8-10,12-13,15H,6-7,11,19H2,1-5H3,(H,20,21). The van der Waals surface area contributed by atoms with Crippen LogP contribution in [0.4, 0.5) is 5.69 Å². The van der Waals surface area contributed by atoms with Crippen molar-refractivity contribution in [1.29, 1.82) is 0 Å². The van der Waals surface area contributed by atoms with Gasteiger partial charge in [-0.25, -0.2) is 0 Å². The highest BCUT2D eigenvalue weighted by Gasteiger charge is 2.14. The Balaban J connectivity index is 2.85. The monoisotopic (exact) mass is 290 g/mol. The molecule has 3 heteroatoms. The van der Waals surface area contributed by atoms with Crippen LogP contribution in [0.25, 0.3) is 0 Å². The lowest BCUT2D eigenvalue weighted by Crippen LogP contribution is -2.27. The van der Waals surface area contributed by atoms with Gasteiger partial charge in [-0.15, -0.1) is 0 Å². The molecule has 0 bridgehead atoms. The summed E-state index contributed by atoms with van der Waals surface area (Å²) < 4.78 is 0. The van der Waals surface area contributed by atoms with Gasteiger partial charge in [-0.2, -0.15) is 0 Å². The minimum absolute atomic E-state index is 0.00940. The Morgan fingerprint density at radius 3 is 2.38 bits per heavy atom. The van der Waals surface area contributed by atoms with Crippen molar-refractivity contribution >= 4 is 11.6 Å². The van der Waals surface area contributed by atoms with E-state index in [-0.39, 0.29) is 11.9 Å². The summed E-state index contributed by atoms with van der Waals surface area (Å²) in [6, 6.07) is 6.27. The van der Waals surface area contributed by atoms with Gasteiger partial charge in [0.25, 0.3) is 0 Å². The molecule has 0 aliphatic carbocycles. The molecule has 118 valence electrons. The Bertz CT molecular complexity index is 466. The predicted octanol–water partition coefficient (Wildman–Crippen LogP) is 4.39. The van der Waals surface area contributed by atoms with Crippen LogP contribution in [0.5, 0.6) is 0 Å². The molecule has 0 aliphatic rings. The highest BCUT2D eigenvalue weighted by Crippen LogP contribution is 2.28. The van der Waals surface area contributed by atoms with Crippen LogP contribution in [0.15, 0.2) is 18.2 Å². The highest BCUT2D eigenvalue weighted by molar-refractivity contribution is 5.92. The number of benzene rings is 1. The van der Waals surface area contributed by atoms with E-state index in [0.717, 1.165) is 18.5 Å². The molecule has 0 radical (unpaired) electrons. The largest absolute Gasteiger partial charge is 0.327 e. The molecular formula is C18H30N2O. The first-order valence-corrected chi connectivity index (χ1v) is 8.04. The minimum Gasteiger partial charge on any atom is -0.327 e. The average molecular weight is 290 g/mol. The van der Waals surface area contributed by atoms with Crippen molar-refractivity contribution in [3.8, 4) is 0 Å². The lowest BCUT2D eigenvalue weighted by atomic mass is 9.94. The van der Waals surface area contributed by atoms with Crippen molar-refractivity contribution in [2.24, 2.45) is 5.73 Å². The van der Waals surface area contributed by atoms with Crippen molar-refractivity contribution in [2.75, 3.05) is 5.32 Å². The number of nitrogens with two attached hydrogens (primary N) is 1. The summed E-state index contributed by atoms with van der Waals surface area (Å²) in [5.74, 6) is 0.878. The molecule has 0 saturated heterocycles. The number of hydrogen-bond acceptors (Lipinski definition) is 2. The van der Waals surface area contributed by atoms with Crippen LogP contribution in [0, 0.1) is 0 Å². The van der Waals surface area contributed by atoms with Crippen LogP contribution >= 0.6 is 0 Å². The summed E-state index contributed by atoms with van der Waals surface area (Å²) in [6.45, 7) is 10.7. The molecule has 3 N–H and O–H groups in total. The SMILES string of the molecule is CCCC(N)CC(=O)Nc1ccc(C(C)C)cc1C(C)C. The first kappa shape index (κ1) is 17.7. The van der Waals surface area contributed by atoms with Gasteiger partial charge in [-0.05, 0) is 35.4 Å². The molecule has 1 amide bonds. The van der Waals surface area contributed by atoms with Crippen LogP contribution in [-0.2, 0) is 4.79 Å². The minimum atomic E-state index is -0.0487. The molecule has 1 rings (SSSR count). The van der Waals surface area contributed by atoms with Crippen molar-refractivity contribution in [3.05, 3.63) is 29.3 Å². The summed E-state index contributed by atoms with van der Waals surface area (Å²) in [5.41, 5.74) is 9.36. The fourth-order valence-electron chi connectivity index (χ4n) is 2.44. The van der Waals surface area contributed by atoms with Crippen LogP contribution in [0.1, 0.15) is 76.8 Å². The first-order chi connectivity index (χ1) is 9.85. The van der Waals surface area contributed by atoms with Crippen LogP contribution < -0.4 is 11.1 Å². The van der Waals surface area contributed by atoms with E-state index in [1.54, 1.807) is 0 Å². The summed E-state index contributed by atoms with van der Waals surface area (Å²) in [4.78, 5) is 12.1. The Morgan fingerprint density at radius 1 is 1.19 bits per heavy atom. The Labute approximate surface area is 129 Å². The van der Waals surface area contributed by atoms with Gasteiger partial charge in [0.2, 0.25) is 5.91 Å². The number of rotatable bonds is 7. The number of nitrogens with one attached hydrogen (secondary N) is 1. The molecule has 0 fully saturated rings. The van der Waals surface area contributed by atoms with Gasteiger partial charge in [0.05, 0.1) is 0 Å². The maximum atomic E-state index is 12.1. The van der Waals surface area contributed by atoms with Gasteiger partial charge in [0, 0.05) is 18.2 Å². The maximum Gasteiger partial charge on any atom is 0.225 e. The summed E-state index contributed by atoms with van der Waals surface area (Å²) >= 11 is 0. The zero-order chi connectivity index (χ0) is 16.0. The maximum absolute atomic E-state index is 12.1. The van der Waals surface area contributed by atoms with Crippen molar-refractivity contribution in [1.82, 2.24) is 0 Å². The topological polar surface area (TPSA) is 55.1 Å². The predicted molar refractivity (Wildman–Crippen MR) is 90.8 cm³/mol. The number of anilines is 1. The van der Waals surface area contributed by atoms with Crippen LogP contribution in [0.3, 0.4) is 0 Å². The Kier molecular flexibility index (Phi) is 6.90. The van der Waals surface area contributed by atoms with Crippen molar-refractivity contribution in [3.63, 3.8) is 0 Å². The van der Waals surface area contributed by atoms with Gasteiger partial charge in [0.1, 0.15) is 0 Å². The molecule has 0 spiro atoms. The Morgan fingerprint density at radius 2 is 1.86 bits per heavy atom. The molecular weight excluding hydrogens is 260 g/mol. The van der Waals surface area contributed by atoms with Gasteiger partial charge >= 0.3 is 0 Å². The quantitative estimate of drug-likeness (QED) is 0.782. The molecule has 1 aromatic carbocycles. The van der Waals surface area contributed by atoms with Crippen molar-refractivity contribution < 1.29 is 4.79 Å². The molecule has 0 saturated carbocycles. The molecule has 1 aromatic rings. The molecule has 1 unspecified atom stereocenters. The summed E-state index contributed by atoms with van der Waals surface area (Å²) in [6.07, 6.45) is 2.28. The van der Waals surface area contributed by atoms with Gasteiger partial charge < -0.3 is 11.1 Å². The van der Waals surface area contributed by atoms with E-state index >= 15 is 0 Å². The fraction of sp³-hybridized carbons (Fsp3) is 0.611. The molecule has 3 nitrogen and oxygen atoms in total.